The molecule has 0 aliphatic heterocycles. The molecule has 0 bridgehead atoms. The standard InChI is InChI=1S/C14H17ClN2O/c1-17-13-9-12(15)6-5-10(13)8-11(14(17)18)4-2-3-7-16/h5-6,8-9H,2-4,7,16H2,1H3. The summed E-state index contributed by atoms with van der Waals surface area (Å²) in [7, 11) is 1.79. The van der Waals surface area contributed by atoms with Gasteiger partial charge in [0.15, 0.2) is 0 Å². The second kappa shape index (κ2) is 5.55. The van der Waals surface area contributed by atoms with E-state index in [1.165, 1.54) is 0 Å². The topological polar surface area (TPSA) is 48.0 Å². The molecule has 96 valence electrons. The molecule has 1 aromatic heterocycles. The minimum Gasteiger partial charge on any atom is -0.330 e. The van der Waals surface area contributed by atoms with Crippen LogP contribution >= 0.6 is 11.6 Å². The smallest absolute Gasteiger partial charge is 0.253 e. The van der Waals surface area contributed by atoms with Gasteiger partial charge in [0, 0.05) is 17.6 Å². The van der Waals surface area contributed by atoms with Gasteiger partial charge < -0.3 is 10.3 Å². The van der Waals surface area contributed by atoms with Crippen molar-refractivity contribution < 1.29 is 0 Å². The van der Waals surface area contributed by atoms with Gasteiger partial charge in [0.25, 0.3) is 5.56 Å². The van der Waals surface area contributed by atoms with E-state index in [0.29, 0.717) is 11.6 Å². The highest BCUT2D eigenvalue weighted by molar-refractivity contribution is 6.31. The van der Waals surface area contributed by atoms with Gasteiger partial charge in [-0.2, -0.15) is 0 Å². The number of aromatic nitrogens is 1. The Morgan fingerprint density at radius 3 is 2.78 bits per heavy atom. The highest BCUT2D eigenvalue weighted by Crippen LogP contribution is 2.18. The molecule has 1 aromatic carbocycles. The Hall–Kier alpha value is -1.32. The van der Waals surface area contributed by atoms with Gasteiger partial charge in [-0.25, -0.2) is 0 Å². The summed E-state index contributed by atoms with van der Waals surface area (Å²) in [5.74, 6) is 0. The molecular formula is C14H17ClN2O. The lowest BCUT2D eigenvalue weighted by atomic mass is 10.1. The number of hydrogen-bond donors (Lipinski definition) is 1. The van der Waals surface area contributed by atoms with Gasteiger partial charge in [0.05, 0.1) is 5.52 Å². The van der Waals surface area contributed by atoms with E-state index in [1.54, 1.807) is 11.6 Å². The highest BCUT2D eigenvalue weighted by atomic mass is 35.5. The lowest BCUT2D eigenvalue weighted by Crippen LogP contribution is -2.21. The Kier molecular flexibility index (Phi) is 4.04. The maximum absolute atomic E-state index is 12.2. The lowest BCUT2D eigenvalue weighted by molar-refractivity contribution is 0.732. The van der Waals surface area contributed by atoms with Crippen molar-refractivity contribution >= 4 is 22.5 Å². The molecule has 0 amide bonds. The Morgan fingerprint density at radius 1 is 1.28 bits per heavy atom. The van der Waals surface area contributed by atoms with E-state index in [0.717, 1.165) is 35.7 Å². The van der Waals surface area contributed by atoms with Crippen molar-refractivity contribution in [3.63, 3.8) is 0 Å². The van der Waals surface area contributed by atoms with Gasteiger partial charge in [-0.05, 0) is 49.4 Å². The van der Waals surface area contributed by atoms with Gasteiger partial charge in [-0.1, -0.05) is 17.7 Å². The van der Waals surface area contributed by atoms with E-state index in [4.69, 9.17) is 17.3 Å². The van der Waals surface area contributed by atoms with Gasteiger partial charge >= 0.3 is 0 Å². The van der Waals surface area contributed by atoms with Crippen LogP contribution in [-0.4, -0.2) is 11.1 Å². The monoisotopic (exact) mass is 264 g/mol. The highest BCUT2D eigenvalue weighted by Gasteiger charge is 2.06. The van der Waals surface area contributed by atoms with Crippen LogP contribution < -0.4 is 11.3 Å². The molecule has 0 unspecified atom stereocenters. The molecular weight excluding hydrogens is 248 g/mol. The fraction of sp³-hybridized carbons (Fsp3) is 0.357. The number of unbranched alkanes of at least 4 members (excludes halogenated alkanes) is 1. The van der Waals surface area contributed by atoms with Gasteiger partial charge in [-0.15, -0.1) is 0 Å². The average molecular weight is 265 g/mol. The Morgan fingerprint density at radius 2 is 2.06 bits per heavy atom. The average Bonchev–Trinajstić information content (AvgIpc) is 2.36. The van der Waals surface area contributed by atoms with Crippen LogP contribution in [0.25, 0.3) is 10.9 Å². The van der Waals surface area contributed by atoms with E-state index in [-0.39, 0.29) is 5.56 Å². The number of nitrogens with two attached hydrogens (primary N) is 1. The normalized spacial score (nSPS) is 11.1. The maximum atomic E-state index is 12.2. The molecule has 2 N–H and O–H groups in total. The van der Waals surface area contributed by atoms with Crippen LogP contribution in [0.15, 0.2) is 29.1 Å². The first-order valence-corrected chi connectivity index (χ1v) is 6.49. The predicted molar refractivity (Wildman–Crippen MR) is 76.2 cm³/mol. The minimum atomic E-state index is 0.0572. The number of halogens is 1. The first-order chi connectivity index (χ1) is 8.63. The summed E-state index contributed by atoms with van der Waals surface area (Å²) < 4.78 is 1.67. The third-order valence-corrected chi connectivity index (χ3v) is 3.40. The SMILES string of the molecule is Cn1c(=O)c(CCCCN)cc2ccc(Cl)cc21. The molecule has 0 saturated heterocycles. The largest absolute Gasteiger partial charge is 0.330 e. The van der Waals surface area contributed by atoms with Crippen molar-refractivity contribution in [1.82, 2.24) is 4.57 Å². The first kappa shape index (κ1) is 13.1. The summed E-state index contributed by atoms with van der Waals surface area (Å²) >= 11 is 5.96. The zero-order valence-electron chi connectivity index (χ0n) is 10.4. The molecule has 1 heterocycles. The van der Waals surface area contributed by atoms with Crippen LogP contribution in [0.3, 0.4) is 0 Å². The van der Waals surface area contributed by atoms with Crippen LogP contribution in [0.4, 0.5) is 0 Å². The molecule has 3 nitrogen and oxygen atoms in total. The molecule has 0 atom stereocenters. The van der Waals surface area contributed by atoms with Crippen LogP contribution in [0.5, 0.6) is 0 Å². The van der Waals surface area contributed by atoms with Crippen molar-refractivity contribution in [1.29, 1.82) is 0 Å². The van der Waals surface area contributed by atoms with Gasteiger partial charge in [0.2, 0.25) is 0 Å². The lowest BCUT2D eigenvalue weighted by Gasteiger charge is -2.09. The van der Waals surface area contributed by atoms with E-state index in [2.05, 4.69) is 0 Å². The number of fused-ring (bicyclic) bond motifs is 1. The summed E-state index contributed by atoms with van der Waals surface area (Å²) in [5, 5.41) is 1.69. The van der Waals surface area contributed by atoms with Crippen molar-refractivity contribution in [3.05, 3.63) is 45.2 Å². The molecule has 2 aromatic rings. The molecule has 2 rings (SSSR count). The Balaban J connectivity index is 2.47. The molecule has 4 heteroatoms. The fourth-order valence-corrected chi connectivity index (χ4v) is 2.31. The summed E-state index contributed by atoms with van der Waals surface area (Å²) in [6.07, 6.45) is 2.68. The first-order valence-electron chi connectivity index (χ1n) is 6.11. The number of aryl methyl sites for hydroxylation is 2. The van der Waals surface area contributed by atoms with Gasteiger partial charge in [-0.3, -0.25) is 4.79 Å². The number of nitrogens with zero attached hydrogens (tertiary/aromatic N) is 1. The van der Waals surface area contributed by atoms with Crippen molar-refractivity contribution in [2.24, 2.45) is 12.8 Å². The van der Waals surface area contributed by atoms with Crippen molar-refractivity contribution in [2.45, 2.75) is 19.3 Å². The fourth-order valence-electron chi connectivity index (χ4n) is 2.14. The maximum Gasteiger partial charge on any atom is 0.253 e. The summed E-state index contributed by atoms with van der Waals surface area (Å²) in [6, 6.07) is 7.58. The van der Waals surface area contributed by atoms with Gasteiger partial charge in [0.1, 0.15) is 0 Å². The van der Waals surface area contributed by atoms with E-state index < -0.39 is 0 Å². The third-order valence-electron chi connectivity index (χ3n) is 3.16. The molecule has 0 aliphatic carbocycles. The number of hydrogen-bond acceptors (Lipinski definition) is 2. The Labute approximate surface area is 111 Å². The van der Waals surface area contributed by atoms with Crippen LogP contribution in [0, 0.1) is 0 Å². The summed E-state index contributed by atoms with van der Waals surface area (Å²) in [5.41, 5.74) is 7.25. The second-order valence-corrected chi connectivity index (χ2v) is 4.92. The third kappa shape index (κ3) is 2.57. The predicted octanol–water partition coefficient (Wildman–Crippen LogP) is 2.47. The summed E-state index contributed by atoms with van der Waals surface area (Å²) in [6.45, 7) is 0.670. The molecule has 0 radical (unpaired) electrons. The van der Waals surface area contributed by atoms with E-state index in [9.17, 15) is 4.79 Å². The Bertz CT molecular complexity index is 619. The minimum absolute atomic E-state index is 0.0572. The van der Waals surface area contributed by atoms with Crippen LogP contribution in [0.2, 0.25) is 5.02 Å². The van der Waals surface area contributed by atoms with Crippen molar-refractivity contribution in [2.75, 3.05) is 6.54 Å². The van der Waals surface area contributed by atoms with E-state index >= 15 is 0 Å². The van der Waals surface area contributed by atoms with Crippen LogP contribution in [-0.2, 0) is 13.5 Å². The molecule has 0 spiro atoms. The van der Waals surface area contributed by atoms with Crippen molar-refractivity contribution in [3.8, 4) is 0 Å². The van der Waals surface area contributed by atoms with Crippen LogP contribution in [0.1, 0.15) is 18.4 Å². The quantitative estimate of drug-likeness (QED) is 0.863. The number of pyridine rings is 1. The molecule has 0 aliphatic rings. The zero-order valence-corrected chi connectivity index (χ0v) is 11.2. The number of benzene rings is 1. The molecule has 0 fully saturated rings. The molecule has 0 saturated carbocycles. The second-order valence-electron chi connectivity index (χ2n) is 4.48. The summed E-state index contributed by atoms with van der Waals surface area (Å²) in [4.78, 5) is 12.2. The van der Waals surface area contributed by atoms with E-state index in [1.807, 2.05) is 24.3 Å². The zero-order chi connectivity index (χ0) is 13.1. The molecule has 18 heavy (non-hydrogen) atoms. The number of rotatable bonds is 4.